The van der Waals surface area contributed by atoms with Gasteiger partial charge in [0.2, 0.25) is 0 Å². The largest absolute Gasteiger partial charge is 0.511 e. The minimum atomic E-state index is -1.65. The van der Waals surface area contributed by atoms with Crippen molar-refractivity contribution < 1.29 is 44.0 Å². The Hall–Kier alpha value is -3.53. The molecule has 3 N–H and O–H groups in total. The summed E-state index contributed by atoms with van der Waals surface area (Å²) in [6.07, 6.45) is -3.41. The monoisotopic (exact) mass is 411 g/mol. The summed E-state index contributed by atoms with van der Waals surface area (Å²) in [4.78, 5) is 33.6. The van der Waals surface area contributed by atoms with Crippen molar-refractivity contribution in [2.24, 2.45) is 5.16 Å². The summed E-state index contributed by atoms with van der Waals surface area (Å²) in [6.45, 7) is 1.69. The first-order valence-corrected chi connectivity index (χ1v) is 8.10. The van der Waals surface area contributed by atoms with Crippen molar-refractivity contribution in [3.05, 3.63) is 34.9 Å². The van der Waals surface area contributed by atoms with Gasteiger partial charge >= 0.3 is 18.3 Å². The van der Waals surface area contributed by atoms with Gasteiger partial charge in [-0.2, -0.15) is 0 Å². The van der Waals surface area contributed by atoms with Crippen LogP contribution in [-0.2, 0) is 16.0 Å². The van der Waals surface area contributed by atoms with Crippen molar-refractivity contribution in [3.8, 4) is 22.6 Å². The van der Waals surface area contributed by atoms with Crippen LogP contribution in [0.25, 0.3) is 11.1 Å². The summed E-state index contributed by atoms with van der Waals surface area (Å²) >= 11 is 6.02. The average molecular weight is 412 g/mol. The van der Waals surface area contributed by atoms with E-state index in [1.54, 1.807) is 6.92 Å². The van der Waals surface area contributed by atoms with Crippen LogP contribution in [0.3, 0.4) is 0 Å². The summed E-state index contributed by atoms with van der Waals surface area (Å²) in [5.74, 6) is -1.41. The molecule has 0 fully saturated rings. The van der Waals surface area contributed by atoms with E-state index in [1.165, 1.54) is 24.3 Å². The first kappa shape index (κ1) is 20.8. The van der Waals surface area contributed by atoms with Gasteiger partial charge in [-0.1, -0.05) is 41.0 Å². The van der Waals surface area contributed by atoms with Crippen molar-refractivity contribution in [2.75, 3.05) is 6.61 Å². The molecule has 0 unspecified atom stereocenters. The quantitative estimate of drug-likeness (QED) is 0.280. The van der Waals surface area contributed by atoms with Crippen LogP contribution in [0.4, 0.5) is 9.59 Å². The Morgan fingerprint density at radius 3 is 1.89 bits per heavy atom. The van der Waals surface area contributed by atoms with Crippen molar-refractivity contribution in [3.63, 3.8) is 0 Å². The maximum Gasteiger partial charge on any atom is 0.511 e. The molecule has 0 aromatic carbocycles. The third kappa shape index (κ3) is 4.60. The smallest absolute Gasteiger partial charge is 0.461 e. The van der Waals surface area contributed by atoms with E-state index in [0.717, 1.165) is 0 Å². The molecule has 0 aliphatic heterocycles. The molecule has 0 aromatic heterocycles. The zero-order valence-electron chi connectivity index (χ0n) is 14.3. The molecule has 2 aliphatic carbocycles. The molecule has 0 spiro atoms. The fraction of sp³-hybridized carbons (Fsp3) is 0.176. The number of halogens is 1. The van der Waals surface area contributed by atoms with Crippen molar-refractivity contribution in [1.29, 1.82) is 0 Å². The van der Waals surface area contributed by atoms with E-state index < -0.39 is 18.3 Å². The predicted molar refractivity (Wildman–Crippen MR) is 94.9 cm³/mol. The maximum atomic E-state index is 11.7. The number of carboxylic acid groups (broad SMARTS) is 2. The number of fused-ring (bicyclic) bond motifs is 1. The van der Waals surface area contributed by atoms with E-state index >= 15 is 0 Å². The normalized spacial score (nSPS) is 11.1. The van der Waals surface area contributed by atoms with Crippen LogP contribution >= 0.6 is 11.6 Å². The van der Waals surface area contributed by atoms with E-state index in [0.29, 0.717) is 5.56 Å². The molecule has 0 radical (unpaired) electrons. The van der Waals surface area contributed by atoms with Crippen LogP contribution in [0.5, 0.6) is 11.5 Å². The molecule has 11 heteroatoms. The lowest BCUT2D eigenvalue weighted by Gasteiger charge is -2.03. The maximum absolute atomic E-state index is 11.7. The molecular weight excluding hydrogens is 398 g/mol. The van der Waals surface area contributed by atoms with Gasteiger partial charge in [-0.25, -0.2) is 14.4 Å². The number of nitrogens with zero attached hydrogens (tertiary/aromatic N) is 1. The van der Waals surface area contributed by atoms with Crippen LogP contribution in [-0.4, -0.2) is 46.0 Å². The second kappa shape index (κ2) is 8.91. The van der Waals surface area contributed by atoms with Gasteiger partial charge in [0.1, 0.15) is 5.02 Å². The molecule has 10 nitrogen and oxygen atoms in total. The van der Waals surface area contributed by atoms with Gasteiger partial charge in [0, 0.05) is 17.5 Å². The molecule has 148 valence electrons. The van der Waals surface area contributed by atoms with Crippen molar-refractivity contribution in [1.82, 2.24) is 0 Å². The Morgan fingerprint density at radius 1 is 1.00 bits per heavy atom. The summed E-state index contributed by atoms with van der Waals surface area (Å²) in [6, 6.07) is 5.79. The lowest BCUT2D eigenvalue weighted by Crippen LogP contribution is -2.19. The zero-order chi connectivity index (χ0) is 20.8. The van der Waals surface area contributed by atoms with E-state index in [-0.39, 0.29) is 46.4 Å². The second-order valence-corrected chi connectivity index (χ2v) is 5.60. The van der Waals surface area contributed by atoms with E-state index in [9.17, 15) is 14.4 Å². The highest BCUT2D eigenvalue weighted by Gasteiger charge is 2.28. The topological polar surface area (TPSA) is 152 Å². The zero-order valence-corrected chi connectivity index (χ0v) is 15.1. The van der Waals surface area contributed by atoms with Crippen LogP contribution in [0.1, 0.15) is 12.5 Å². The fourth-order valence-electron chi connectivity index (χ4n) is 2.40. The molecule has 0 saturated heterocycles. The standard InChI is InChI=1S/C17H14ClNO9/c1-2-26-15(20)11(19-25)7-8-3-5-9-10(6-4-8)14(28-17(23)24)12(18)13(9)27-16(21)22/h3-6,25H,2,7H2,1H3,(H,21,22)(H,23,24). The van der Waals surface area contributed by atoms with Crippen molar-refractivity contribution in [2.45, 2.75) is 13.3 Å². The Kier molecular flexibility index (Phi) is 6.61. The molecule has 0 amide bonds. The van der Waals surface area contributed by atoms with Gasteiger partial charge in [0.05, 0.1) is 6.61 Å². The van der Waals surface area contributed by atoms with Crippen LogP contribution in [0.2, 0.25) is 5.02 Å². The van der Waals surface area contributed by atoms with Crippen LogP contribution < -0.4 is 9.47 Å². The second-order valence-electron chi connectivity index (χ2n) is 5.22. The lowest BCUT2D eigenvalue weighted by atomic mass is 10.1. The molecule has 0 saturated carbocycles. The molecule has 0 atom stereocenters. The summed E-state index contributed by atoms with van der Waals surface area (Å²) in [5, 5.41) is 29.4. The number of hydrogen-bond acceptors (Lipinski definition) is 8. The Morgan fingerprint density at radius 2 is 1.50 bits per heavy atom. The van der Waals surface area contributed by atoms with E-state index in [1.807, 2.05) is 0 Å². The highest BCUT2D eigenvalue weighted by Crippen LogP contribution is 2.50. The average Bonchev–Trinajstić information content (AvgIpc) is 2.77. The third-order valence-electron chi connectivity index (χ3n) is 3.49. The SMILES string of the molecule is CCOC(=O)C(Cc1ccc2c(OC(=O)O)c(Cl)c(OC(=O)O)c-2cc1)=NO. The predicted octanol–water partition coefficient (Wildman–Crippen LogP) is 3.49. The molecule has 28 heavy (non-hydrogen) atoms. The minimum Gasteiger partial charge on any atom is -0.461 e. The van der Waals surface area contributed by atoms with Gasteiger partial charge in [0.25, 0.3) is 0 Å². The highest BCUT2D eigenvalue weighted by molar-refractivity contribution is 6.37. The number of hydrogen-bond donors (Lipinski definition) is 3. The number of carbonyl (C=O) groups excluding carboxylic acids is 1. The molecule has 2 rings (SSSR count). The van der Waals surface area contributed by atoms with Gasteiger partial charge in [-0.3, -0.25) is 0 Å². The summed E-state index contributed by atoms with van der Waals surface area (Å²) in [7, 11) is 0. The Labute approximate surface area is 162 Å². The van der Waals surface area contributed by atoms with Gasteiger partial charge in [0.15, 0.2) is 17.2 Å². The first-order chi connectivity index (χ1) is 13.3. The summed E-state index contributed by atoms with van der Waals surface area (Å²) in [5.41, 5.74) is 0.535. The molecule has 0 bridgehead atoms. The van der Waals surface area contributed by atoms with Crippen molar-refractivity contribution >= 4 is 35.6 Å². The van der Waals surface area contributed by atoms with E-state index in [4.69, 9.17) is 31.8 Å². The van der Waals surface area contributed by atoms with Crippen LogP contribution in [0.15, 0.2) is 29.4 Å². The van der Waals surface area contributed by atoms with Crippen LogP contribution in [0, 0.1) is 0 Å². The van der Waals surface area contributed by atoms with Gasteiger partial charge < -0.3 is 29.6 Å². The molecule has 0 heterocycles. The number of oxime groups is 1. The number of ether oxygens (including phenoxy) is 3. The minimum absolute atomic E-state index is 0.0960. The first-order valence-electron chi connectivity index (χ1n) is 7.72. The number of rotatable bonds is 6. The molecule has 2 aliphatic rings. The summed E-state index contributed by atoms with van der Waals surface area (Å²) < 4.78 is 14.1. The highest BCUT2D eigenvalue weighted by atomic mass is 35.5. The Bertz CT molecular complexity index is 871. The molecular formula is C17H14ClNO9. The van der Waals surface area contributed by atoms with E-state index in [2.05, 4.69) is 14.6 Å². The fourth-order valence-corrected chi connectivity index (χ4v) is 2.68. The Balaban J connectivity index is 2.52. The third-order valence-corrected chi connectivity index (χ3v) is 3.83. The number of carbonyl (C=O) groups is 3. The number of esters is 1. The lowest BCUT2D eigenvalue weighted by molar-refractivity contribution is -0.135. The van der Waals surface area contributed by atoms with Gasteiger partial charge in [-0.05, 0) is 12.5 Å². The molecule has 0 aromatic rings. The van der Waals surface area contributed by atoms with Gasteiger partial charge in [-0.15, -0.1) is 0 Å².